The summed E-state index contributed by atoms with van der Waals surface area (Å²) in [4.78, 5) is 0. The van der Waals surface area contributed by atoms with Gasteiger partial charge in [-0.15, -0.1) is 0 Å². The lowest BCUT2D eigenvalue weighted by Crippen LogP contribution is -2.38. The van der Waals surface area contributed by atoms with Gasteiger partial charge in [0, 0.05) is 12.6 Å². The van der Waals surface area contributed by atoms with E-state index in [9.17, 15) is 0 Å². The molecule has 0 aromatic heterocycles. The normalized spacial score (nSPS) is 16.2. The van der Waals surface area contributed by atoms with E-state index in [4.69, 9.17) is 5.26 Å². The highest BCUT2D eigenvalue weighted by atomic mass is 14.9. The van der Waals surface area contributed by atoms with Crippen LogP contribution in [0.15, 0.2) is 0 Å². The standard InChI is InChI=1S/C10H20N2/c1-8(2)10(5,6-11)7-12-9(3)4/h8-9,12H,7H2,1-5H3. The molecule has 0 saturated carbocycles. The molecule has 0 aromatic rings. The van der Waals surface area contributed by atoms with Gasteiger partial charge in [-0.2, -0.15) is 5.26 Å². The van der Waals surface area contributed by atoms with Gasteiger partial charge in [0.25, 0.3) is 0 Å². The van der Waals surface area contributed by atoms with Gasteiger partial charge in [-0.1, -0.05) is 27.7 Å². The highest BCUT2D eigenvalue weighted by Crippen LogP contribution is 2.24. The molecule has 12 heavy (non-hydrogen) atoms. The largest absolute Gasteiger partial charge is 0.313 e. The van der Waals surface area contributed by atoms with E-state index in [1.807, 2.05) is 6.92 Å². The van der Waals surface area contributed by atoms with E-state index in [1.165, 1.54) is 0 Å². The maximum absolute atomic E-state index is 8.98. The second-order valence-electron chi connectivity index (χ2n) is 4.22. The molecule has 0 saturated heterocycles. The van der Waals surface area contributed by atoms with E-state index in [1.54, 1.807) is 0 Å². The number of hydrogen-bond donors (Lipinski definition) is 1. The number of nitriles is 1. The Labute approximate surface area is 76.0 Å². The summed E-state index contributed by atoms with van der Waals surface area (Å²) >= 11 is 0. The van der Waals surface area contributed by atoms with E-state index < -0.39 is 0 Å². The minimum atomic E-state index is -0.232. The average molecular weight is 168 g/mol. The minimum absolute atomic E-state index is 0.232. The molecular weight excluding hydrogens is 148 g/mol. The lowest BCUT2D eigenvalue weighted by Gasteiger charge is -2.27. The van der Waals surface area contributed by atoms with Crippen molar-refractivity contribution in [3.63, 3.8) is 0 Å². The fraction of sp³-hybridized carbons (Fsp3) is 0.900. The Morgan fingerprint density at radius 1 is 1.33 bits per heavy atom. The lowest BCUT2D eigenvalue weighted by molar-refractivity contribution is 0.285. The molecule has 0 radical (unpaired) electrons. The minimum Gasteiger partial charge on any atom is -0.313 e. The molecule has 0 bridgehead atoms. The Hall–Kier alpha value is -0.550. The molecular formula is C10H20N2. The number of hydrogen-bond acceptors (Lipinski definition) is 2. The summed E-state index contributed by atoms with van der Waals surface area (Å²) in [5.41, 5.74) is -0.232. The van der Waals surface area contributed by atoms with Crippen molar-refractivity contribution < 1.29 is 0 Å². The Morgan fingerprint density at radius 2 is 1.83 bits per heavy atom. The van der Waals surface area contributed by atoms with Gasteiger partial charge in [0.2, 0.25) is 0 Å². The van der Waals surface area contributed by atoms with Crippen molar-refractivity contribution in [2.24, 2.45) is 11.3 Å². The molecule has 0 amide bonds. The molecule has 70 valence electrons. The van der Waals surface area contributed by atoms with Gasteiger partial charge < -0.3 is 5.32 Å². The van der Waals surface area contributed by atoms with Crippen LogP contribution >= 0.6 is 0 Å². The molecule has 0 aromatic carbocycles. The molecule has 0 aliphatic carbocycles. The molecule has 1 atom stereocenters. The second-order valence-corrected chi connectivity index (χ2v) is 4.22. The van der Waals surface area contributed by atoms with Crippen molar-refractivity contribution in [3.05, 3.63) is 0 Å². The van der Waals surface area contributed by atoms with Crippen LogP contribution in [0.3, 0.4) is 0 Å². The fourth-order valence-corrected chi connectivity index (χ4v) is 0.789. The van der Waals surface area contributed by atoms with Crippen LogP contribution in [0.4, 0.5) is 0 Å². The van der Waals surface area contributed by atoms with Crippen molar-refractivity contribution in [1.29, 1.82) is 5.26 Å². The van der Waals surface area contributed by atoms with Crippen LogP contribution < -0.4 is 5.32 Å². The molecule has 1 N–H and O–H groups in total. The van der Waals surface area contributed by atoms with Gasteiger partial charge in [0.15, 0.2) is 0 Å². The van der Waals surface area contributed by atoms with Crippen LogP contribution in [0, 0.1) is 22.7 Å². The monoisotopic (exact) mass is 168 g/mol. The fourth-order valence-electron chi connectivity index (χ4n) is 0.789. The van der Waals surface area contributed by atoms with Crippen LogP contribution in [0.25, 0.3) is 0 Å². The highest BCUT2D eigenvalue weighted by Gasteiger charge is 2.27. The molecule has 0 aliphatic rings. The van der Waals surface area contributed by atoms with Gasteiger partial charge in [0.1, 0.15) is 0 Å². The zero-order chi connectivity index (χ0) is 9.78. The van der Waals surface area contributed by atoms with Crippen molar-refractivity contribution >= 4 is 0 Å². The van der Waals surface area contributed by atoms with Crippen molar-refractivity contribution in [1.82, 2.24) is 5.32 Å². The molecule has 2 heteroatoms. The Morgan fingerprint density at radius 3 is 2.08 bits per heavy atom. The van der Waals surface area contributed by atoms with Crippen LogP contribution in [0.2, 0.25) is 0 Å². The topological polar surface area (TPSA) is 35.8 Å². The van der Waals surface area contributed by atoms with E-state index >= 15 is 0 Å². The Bertz CT molecular complexity index is 167. The molecule has 0 heterocycles. The highest BCUT2D eigenvalue weighted by molar-refractivity contribution is 4.99. The second kappa shape index (κ2) is 4.47. The number of nitrogens with zero attached hydrogens (tertiary/aromatic N) is 1. The molecule has 2 nitrogen and oxygen atoms in total. The van der Waals surface area contributed by atoms with Crippen LogP contribution in [0.5, 0.6) is 0 Å². The summed E-state index contributed by atoms with van der Waals surface area (Å²) in [6, 6.07) is 2.83. The van der Waals surface area contributed by atoms with Crippen molar-refractivity contribution in [3.8, 4) is 6.07 Å². The van der Waals surface area contributed by atoms with E-state index in [-0.39, 0.29) is 5.41 Å². The first-order valence-corrected chi connectivity index (χ1v) is 4.57. The number of nitrogens with one attached hydrogen (secondary N) is 1. The summed E-state index contributed by atoms with van der Waals surface area (Å²) in [6.45, 7) is 11.2. The summed E-state index contributed by atoms with van der Waals surface area (Å²) in [6.07, 6.45) is 0. The third-order valence-electron chi connectivity index (χ3n) is 2.41. The van der Waals surface area contributed by atoms with Gasteiger partial charge in [-0.25, -0.2) is 0 Å². The summed E-state index contributed by atoms with van der Waals surface area (Å²) < 4.78 is 0. The van der Waals surface area contributed by atoms with Crippen molar-refractivity contribution in [2.75, 3.05) is 6.54 Å². The van der Waals surface area contributed by atoms with Crippen LogP contribution in [-0.2, 0) is 0 Å². The van der Waals surface area contributed by atoms with Gasteiger partial charge in [0.05, 0.1) is 11.5 Å². The Kier molecular flexibility index (Phi) is 4.26. The third kappa shape index (κ3) is 3.23. The van der Waals surface area contributed by atoms with Crippen LogP contribution in [0.1, 0.15) is 34.6 Å². The number of rotatable bonds is 4. The first-order valence-electron chi connectivity index (χ1n) is 4.57. The SMILES string of the molecule is CC(C)NCC(C)(C#N)C(C)C. The van der Waals surface area contributed by atoms with E-state index in [0.29, 0.717) is 12.0 Å². The molecule has 1 unspecified atom stereocenters. The first-order chi connectivity index (χ1) is 5.42. The maximum atomic E-state index is 8.98. The third-order valence-corrected chi connectivity index (χ3v) is 2.41. The van der Waals surface area contributed by atoms with E-state index in [2.05, 4.69) is 39.1 Å². The van der Waals surface area contributed by atoms with Gasteiger partial charge in [-0.3, -0.25) is 0 Å². The molecule has 0 rings (SSSR count). The average Bonchev–Trinajstić information content (AvgIpc) is 1.99. The lowest BCUT2D eigenvalue weighted by atomic mass is 9.80. The van der Waals surface area contributed by atoms with E-state index in [0.717, 1.165) is 6.54 Å². The van der Waals surface area contributed by atoms with Crippen molar-refractivity contribution in [2.45, 2.75) is 40.7 Å². The predicted molar refractivity (Wildman–Crippen MR) is 51.7 cm³/mol. The van der Waals surface area contributed by atoms with Crippen LogP contribution in [-0.4, -0.2) is 12.6 Å². The van der Waals surface area contributed by atoms with Gasteiger partial charge >= 0.3 is 0 Å². The first kappa shape index (κ1) is 11.4. The zero-order valence-corrected chi connectivity index (χ0v) is 8.81. The summed E-state index contributed by atoms with van der Waals surface area (Å²) in [5.74, 6) is 0.397. The molecule has 0 aliphatic heterocycles. The Balaban J connectivity index is 4.09. The molecule has 0 spiro atoms. The zero-order valence-electron chi connectivity index (χ0n) is 8.81. The summed E-state index contributed by atoms with van der Waals surface area (Å²) in [5, 5.41) is 12.3. The maximum Gasteiger partial charge on any atom is 0.0702 e. The quantitative estimate of drug-likeness (QED) is 0.698. The smallest absolute Gasteiger partial charge is 0.0702 e. The summed E-state index contributed by atoms with van der Waals surface area (Å²) in [7, 11) is 0. The van der Waals surface area contributed by atoms with Gasteiger partial charge in [-0.05, 0) is 12.8 Å². The molecule has 0 fully saturated rings. The predicted octanol–water partition coefficient (Wildman–Crippen LogP) is 2.17.